The third-order valence-corrected chi connectivity index (χ3v) is 5.34. The van der Waals surface area contributed by atoms with Crippen LogP contribution in [0.3, 0.4) is 0 Å². The van der Waals surface area contributed by atoms with E-state index in [1.165, 1.54) is 42.2 Å². The van der Waals surface area contributed by atoms with Gasteiger partial charge in [-0.25, -0.2) is 9.18 Å². The van der Waals surface area contributed by atoms with E-state index in [1.807, 2.05) is 0 Å². The van der Waals surface area contributed by atoms with Gasteiger partial charge in [0.05, 0.1) is 24.4 Å². The highest BCUT2D eigenvalue weighted by Gasteiger charge is 2.40. The summed E-state index contributed by atoms with van der Waals surface area (Å²) in [7, 11) is 4.57. The van der Waals surface area contributed by atoms with Gasteiger partial charge in [0.2, 0.25) is 0 Å². The fourth-order valence-electron chi connectivity index (χ4n) is 3.40. The number of benzene rings is 2. The first-order valence-electron chi connectivity index (χ1n) is 8.87. The number of halogens is 2. The lowest BCUT2D eigenvalue weighted by molar-refractivity contribution is -0.113. The summed E-state index contributed by atoms with van der Waals surface area (Å²) in [6.07, 6.45) is 0. The lowest BCUT2D eigenvalue weighted by Crippen LogP contribution is -2.48. The molecule has 0 radical (unpaired) electrons. The molecule has 1 atom stereocenters. The third kappa shape index (κ3) is 3.65. The molecule has 0 aromatic heterocycles. The third-order valence-electron chi connectivity index (χ3n) is 5.02. The maximum Gasteiger partial charge on any atom is 0.324 e. The van der Waals surface area contributed by atoms with E-state index in [4.69, 9.17) is 16.3 Å². The van der Waals surface area contributed by atoms with E-state index >= 15 is 0 Å². The number of hydrogen-bond donors (Lipinski definition) is 1. The average Bonchev–Trinajstić information content (AvgIpc) is 2.70. The summed E-state index contributed by atoms with van der Waals surface area (Å²) >= 11 is 6.27. The van der Waals surface area contributed by atoms with Crippen molar-refractivity contribution in [2.24, 2.45) is 0 Å². The Balaban J connectivity index is 2.13. The number of nitrogens with one attached hydrogen (secondary N) is 1. The number of urea groups is 1. The Kier molecular flexibility index (Phi) is 5.79. The maximum atomic E-state index is 14.7. The van der Waals surface area contributed by atoms with Crippen LogP contribution in [0.1, 0.15) is 18.5 Å². The van der Waals surface area contributed by atoms with E-state index in [1.54, 1.807) is 38.2 Å². The van der Waals surface area contributed by atoms with Crippen LogP contribution in [0.4, 0.5) is 14.9 Å². The van der Waals surface area contributed by atoms with Crippen molar-refractivity contribution in [1.29, 1.82) is 0 Å². The first-order chi connectivity index (χ1) is 13.8. The summed E-state index contributed by atoms with van der Waals surface area (Å²) in [4.78, 5) is 28.6. The van der Waals surface area contributed by atoms with E-state index in [2.05, 4.69) is 5.32 Å². The van der Waals surface area contributed by atoms with Crippen molar-refractivity contribution < 1.29 is 18.7 Å². The van der Waals surface area contributed by atoms with Gasteiger partial charge in [-0.1, -0.05) is 29.8 Å². The molecular formula is C21H21ClFN3O3. The molecule has 0 bridgehead atoms. The van der Waals surface area contributed by atoms with Gasteiger partial charge in [-0.3, -0.25) is 4.79 Å². The number of rotatable bonds is 4. The van der Waals surface area contributed by atoms with Crippen LogP contribution >= 0.6 is 11.6 Å². The zero-order valence-corrected chi connectivity index (χ0v) is 17.2. The number of allylic oxidation sites excluding steroid dienone is 1. The second-order valence-electron chi connectivity index (χ2n) is 6.64. The van der Waals surface area contributed by atoms with Gasteiger partial charge in [-0.2, -0.15) is 0 Å². The zero-order chi connectivity index (χ0) is 21.3. The van der Waals surface area contributed by atoms with Gasteiger partial charge in [-0.15, -0.1) is 0 Å². The van der Waals surface area contributed by atoms with Gasteiger partial charge < -0.3 is 19.9 Å². The summed E-state index contributed by atoms with van der Waals surface area (Å²) in [6, 6.07) is 9.84. The van der Waals surface area contributed by atoms with Crippen LogP contribution in [0.5, 0.6) is 5.75 Å². The molecule has 2 aromatic carbocycles. The molecule has 29 heavy (non-hydrogen) atoms. The average molecular weight is 418 g/mol. The standard InChI is InChI=1S/C21H21ClFN3O3/c1-12-17(20(27)24-15-10-5-6-11-16(15)29-4)19(26(3)21(28)25(12)2)18-13(22)8-7-9-14(18)23/h5-11,19H,1-4H3,(H,24,27)/t19-/m0/s1. The number of methoxy groups -OCH3 is 1. The normalized spacial score (nSPS) is 16.9. The van der Waals surface area contributed by atoms with Crippen LogP contribution in [0.25, 0.3) is 0 Å². The molecule has 1 aliphatic rings. The lowest BCUT2D eigenvalue weighted by atomic mass is 9.92. The quantitative estimate of drug-likeness (QED) is 0.800. The van der Waals surface area contributed by atoms with Crippen LogP contribution in [0.2, 0.25) is 5.02 Å². The Morgan fingerprint density at radius 1 is 1.17 bits per heavy atom. The van der Waals surface area contributed by atoms with Gasteiger partial charge in [-0.05, 0) is 31.2 Å². The summed E-state index contributed by atoms with van der Waals surface area (Å²) in [5.74, 6) is -0.599. The number of carbonyl (C=O) groups is 2. The Morgan fingerprint density at radius 2 is 1.86 bits per heavy atom. The summed E-state index contributed by atoms with van der Waals surface area (Å²) in [6.45, 7) is 1.64. The molecule has 1 aliphatic heterocycles. The largest absolute Gasteiger partial charge is 0.495 e. The molecule has 6 nitrogen and oxygen atoms in total. The molecule has 0 unspecified atom stereocenters. The predicted octanol–water partition coefficient (Wildman–Crippen LogP) is 4.44. The highest BCUT2D eigenvalue weighted by atomic mass is 35.5. The van der Waals surface area contributed by atoms with Crippen LogP contribution in [0, 0.1) is 5.82 Å². The van der Waals surface area contributed by atoms with E-state index in [0.29, 0.717) is 17.1 Å². The van der Waals surface area contributed by atoms with Gasteiger partial charge in [0.15, 0.2) is 0 Å². The first-order valence-corrected chi connectivity index (χ1v) is 9.25. The summed E-state index contributed by atoms with van der Waals surface area (Å²) in [5.41, 5.74) is 1.15. The van der Waals surface area contributed by atoms with Gasteiger partial charge in [0.25, 0.3) is 5.91 Å². The van der Waals surface area contributed by atoms with E-state index in [0.717, 1.165) is 0 Å². The number of hydrogen-bond acceptors (Lipinski definition) is 3. The Hall–Kier alpha value is -3.06. The number of para-hydroxylation sites is 2. The van der Waals surface area contributed by atoms with E-state index in [9.17, 15) is 14.0 Å². The molecule has 0 saturated heterocycles. The highest BCUT2D eigenvalue weighted by Crippen LogP contribution is 2.40. The van der Waals surface area contributed by atoms with E-state index in [-0.39, 0.29) is 22.2 Å². The molecule has 8 heteroatoms. The second-order valence-corrected chi connectivity index (χ2v) is 7.05. The number of ether oxygens (including phenoxy) is 1. The topological polar surface area (TPSA) is 61.9 Å². The molecule has 0 fully saturated rings. The number of carbonyl (C=O) groups excluding carboxylic acids is 2. The van der Waals surface area contributed by atoms with Crippen LogP contribution in [-0.2, 0) is 4.79 Å². The van der Waals surface area contributed by atoms with Crippen molar-refractivity contribution in [3.63, 3.8) is 0 Å². The highest BCUT2D eigenvalue weighted by molar-refractivity contribution is 6.31. The lowest BCUT2D eigenvalue weighted by Gasteiger charge is -2.40. The van der Waals surface area contributed by atoms with Gasteiger partial charge in [0.1, 0.15) is 11.6 Å². The van der Waals surface area contributed by atoms with Crippen molar-refractivity contribution in [1.82, 2.24) is 9.80 Å². The fraction of sp³-hybridized carbons (Fsp3) is 0.238. The molecule has 3 rings (SSSR count). The molecule has 0 saturated carbocycles. The van der Waals surface area contributed by atoms with Crippen LogP contribution in [0.15, 0.2) is 53.7 Å². The molecular weight excluding hydrogens is 397 g/mol. The van der Waals surface area contributed by atoms with Crippen molar-refractivity contribution in [3.8, 4) is 5.75 Å². The Labute approximate surface area is 173 Å². The van der Waals surface area contributed by atoms with Crippen molar-refractivity contribution in [2.75, 3.05) is 26.5 Å². The minimum Gasteiger partial charge on any atom is -0.495 e. The minimum absolute atomic E-state index is 0.0719. The molecule has 1 heterocycles. The molecule has 2 aromatic rings. The number of nitrogens with zero attached hydrogens (tertiary/aromatic N) is 2. The van der Waals surface area contributed by atoms with Crippen molar-refractivity contribution >= 4 is 29.2 Å². The van der Waals surface area contributed by atoms with Crippen molar-refractivity contribution in [2.45, 2.75) is 13.0 Å². The first kappa shape index (κ1) is 20.7. The number of anilines is 1. The molecule has 1 N–H and O–H groups in total. The number of amides is 3. The maximum absolute atomic E-state index is 14.7. The van der Waals surface area contributed by atoms with Gasteiger partial charge in [0, 0.05) is 30.4 Å². The minimum atomic E-state index is -0.984. The Morgan fingerprint density at radius 3 is 2.52 bits per heavy atom. The summed E-state index contributed by atoms with van der Waals surface area (Å²) < 4.78 is 20.0. The molecule has 152 valence electrons. The van der Waals surface area contributed by atoms with E-state index < -0.39 is 17.8 Å². The van der Waals surface area contributed by atoms with Crippen molar-refractivity contribution in [3.05, 3.63) is 70.1 Å². The monoisotopic (exact) mass is 417 g/mol. The smallest absolute Gasteiger partial charge is 0.324 e. The molecule has 0 aliphatic carbocycles. The number of likely N-dealkylation sites (N-methyl/N-ethyl adjacent to an activating group) is 1. The van der Waals surface area contributed by atoms with Gasteiger partial charge >= 0.3 is 6.03 Å². The molecule has 0 spiro atoms. The van der Waals surface area contributed by atoms with Crippen LogP contribution in [-0.4, -0.2) is 42.9 Å². The summed E-state index contributed by atoms with van der Waals surface area (Å²) in [5, 5.41) is 2.94. The zero-order valence-electron chi connectivity index (χ0n) is 16.5. The van der Waals surface area contributed by atoms with Crippen LogP contribution < -0.4 is 10.1 Å². The fourth-order valence-corrected chi connectivity index (χ4v) is 3.67. The second kappa shape index (κ2) is 8.13. The Bertz CT molecular complexity index is 988. The predicted molar refractivity (Wildman–Crippen MR) is 109 cm³/mol. The molecule has 3 amide bonds. The SMILES string of the molecule is COc1ccccc1NC(=O)C1=C(C)N(C)C(=O)N(C)[C@@H]1c1c(F)cccc1Cl.